The van der Waals surface area contributed by atoms with Gasteiger partial charge in [0, 0.05) is 19.1 Å². The first-order chi connectivity index (χ1) is 10.7. The van der Waals surface area contributed by atoms with Crippen LogP contribution in [-0.4, -0.2) is 23.1 Å². The highest BCUT2D eigenvalue weighted by Gasteiger charge is 2.25. The van der Waals surface area contributed by atoms with Gasteiger partial charge in [-0.1, -0.05) is 36.4 Å². The van der Waals surface area contributed by atoms with Crippen molar-refractivity contribution >= 4 is 0 Å². The third kappa shape index (κ3) is 2.89. The SMILES string of the molecule is CC1c2ccccc2CCN1CC(O)c1ccc(C#N)cc1. The van der Waals surface area contributed by atoms with Crippen LogP contribution in [0.1, 0.15) is 41.3 Å². The molecule has 0 saturated heterocycles. The topological polar surface area (TPSA) is 47.3 Å². The molecule has 1 N–H and O–H groups in total. The fraction of sp³-hybridized carbons (Fsp3) is 0.316. The summed E-state index contributed by atoms with van der Waals surface area (Å²) in [6, 6.07) is 18.2. The van der Waals surface area contributed by atoms with Crippen molar-refractivity contribution in [1.82, 2.24) is 4.90 Å². The standard InChI is InChI=1S/C19H20N2O/c1-14-18-5-3-2-4-16(18)10-11-21(14)13-19(22)17-8-6-15(12-20)7-9-17/h2-9,14,19,22H,10-11,13H2,1H3. The minimum absolute atomic E-state index is 0.318. The number of hydrogen-bond donors (Lipinski definition) is 1. The van der Waals surface area contributed by atoms with E-state index < -0.39 is 6.10 Å². The van der Waals surface area contributed by atoms with Crippen LogP contribution in [0.15, 0.2) is 48.5 Å². The molecule has 22 heavy (non-hydrogen) atoms. The highest BCUT2D eigenvalue weighted by molar-refractivity contribution is 5.34. The maximum Gasteiger partial charge on any atom is 0.0991 e. The molecule has 0 fully saturated rings. The maximum atomic E-state index is 10.5. The van der Waals surface area contributed by atoms with Crippen molar-refractivity contribution in [2.24, 2.45) is 0 Å². The van der Waals surface area contributed by atoms with E-state index in [-0.39, 0.29) is 0 Å². The van der Waals surface area contributed by atoms with Crippen LogP contribution >= 0.6 is 0 Å². The van der Waals surface area contributed by atoms with Crippen LogP contribution in [0.5, 0.6) is 0 Å². The fourth-order valence-electron chi connectivity index (χ4n) is 3.18. The Hall–Kier alpha value is -2.15. The van der Waals surface area contributed by atoms with Crippen molar-refractivity contribution in [3.63, 3.8) is 0 Å². The number of hydrogen-bond acceptors (Lipinski definition) is 3. The second-order valence-electron chi connectivity index (χ2n) is 5.87. The van der Waals surface area contributed by atoms with Gasteiger partial charge in [0.25, 0.3) is 0 Å². The summed E-state index contributed by atoms with van der Waals surface area (Å²) in [6.07, 6.45) is 0.501. The first kappa shape index (κ1) is 14.8. The van der Waals surface area contributed by atoms with Crippen LogP contribution in [0.4, 0.5) is 0 Å². The van der Waals surface area contributed by atoms with Crippen LogP contribution < -0.4 is 0 Å². The number of rotatable bonds is 3. The zero-order valence-corrected chi connectivity index (χ0v) is 12.7. The first-order valence-corrected chi connectivity index (χ1v) is 7.69. The molecule has 3 nitrogen and oxygen atoms in total. The lowest BCUT2D eigenvalue weighted by molar-refractivity contribution is 0.0865. The van der Waals surface area contributed by atoms with Crippen LogP contribution in [0.3, 0.4) is 0 Å². The van der Waals surface area contributed by atoms with Gasteiger partial charge in [-0.05, 0) is 42.2 Å². The molecule has 0 amide bonds. The van der Waals surface area contributed by atoms with Gasteiger partial charge in [-0.15, -0.1) is 0 Å². The van der Waals surface area contributed by atoms with Crippen molar-refractivity contribution in [2.75, 3.05) is 13.1 Å². The monoisotopic (exact) mass is 292 g/mol. The summed E-state index contributed by atoms with van der Waals surface area (Å²) >= 11 is 0. The second kappa shape index (κ2) is 6.31. The summed E-state index contributed by atoms with van der Waals surface area (Å²) in [4.78, 5) is 2.32. The Balaban J connectivity index is 1.72. The summed E-state index contributed by atoms with van der Waals surface area (Å²) < 4.78 is 0. The number of benzene rings is 2. The lowest BCUT2D eigenvalue weighted by atomic mass is 9.93. The minimum atomic E-state index is -0.527. The smallest absolute Gasteiger partial charge is 0.0991 e. The molecule has 2 unspecified atom stereocenters. The normalized spacial score (nSPS) is 19.2. The van der Waals surface area contributed by atoms with E-state index in [0.717, 1.165) is 18.5 Å². The summed E-state index contributed by atoms with van der Waals surface area (Å²) in [7, 11) is 0. The largest absolute Gasteiger partial charge is 0.387 e. The van der Waals surface area contributed by atoms with E-state index in [1.165, 1.54) is 11.1 Å². The summed E-state index contributed by atoms with van der Waals surface area (Å²) in [6.45, 7) is 3.77. The molecule has 112 valence electrons. The molecule has 1 aliphatic heterocycles. The second-order valence-corrected chi connectivity index (χ2v) is 5.87. The molecule has 2 atom stereocenters. The van der Waals surface area contributed by atoms with Gasteiger partial charge in [0.05, 0.1) is 17.7 Å². The number of fused-ring (bicyclic) bond motifs is 1. The summed E-state index contributed by atoms with van der Waals surface area (Å²) in [5, 5.41) is 19.3. The lowest BCUT2D eigenvalue weighted by Crippen LogP contribution is -2.36. The Morgan fingerprint density at radius 2 is 1.95 bits per heavy atom. The van der Waals surface area contributed by atoms with E-state index in [0.29, 0.717) is 18.2 Å². The number of aliphatic hydroxyl groups is 1. The molecule has 1 heterocycles. The third-order valence-electron chi connectivity index (χ3n) is 4.55. The molecule has 0 aliphatic carbocycles. The molecular weight excluding hydrogens is 272 g/mol. The average molecular weight is 292 g/mol. The Bertz CT molecular complexity index is 687. The number of nitriles is 1. The molecule has 0 bridgehead atoms. The average Bonchev–Trinajstić information content (AvgIpc) is 2.57. The Morgan fingerprint density at radius 3 is 2.68 bits per heavy atom. The van der Waals surface area contributed by atoms with E-state index in [9.17, 15) is 5.11 Å². The van der Waals surface area contributed by atoms with Gasteiger partial charge >= 0.3 is 0 Å². The van der Waals surface area contributed by atoms with Crippen molar-refractivity contribution in [3.8, 4) is 6.07 Å². The Morgan fingerprint density at radius 1 is 1.23 bits per heavy atom. The maximum absolute atomic E-state index is 10.5. The zero-order chi connectivity index (χ0) is 15.5. The quantitative estimate of drug-likeness (QED) is 0.945. The Kier molecular flexibility index (Phi) is 4.24. The van der Waals surface area contributed by atoms with Gasteiger partial charge in [-0.3, -0.25) is 4.90 Å². The van der Waals surface area contributed by atoms with E-state index in [2.05, 4.69) is 42.2 Å². The van der Waals surface area contributed by atoms with Crippen LogP contribution in [0, 0.1) is 11.3 Å². The molecule has 2 aromatic carbocycles. The minimum Gasteiger partial charge on any atom is -0.387 e. The number of aliphatic hydroxyl groups excluding tert-OH is 1. The molecule has 1 aliphatic rings. The van der Waals surface area contributed by atoms with Crippen LogP contribution in [0.25, 0.3) is 0 Å². The molecule has 3 rings (SSSR count). The summed E-state index contributed by atoms with van der Waals surface area (Å²) in [5.41, 5.74) is 4.26. The van der Waals surface area contributed by atoms with Crippen molar-refractivity contribution in [3.05, 3.63) is 70.8 Å². The molecule has 2 aromatic rings. The third-order valence-corrected chi connectivity index (χ3v) is 4.55. The molecule has 0 radical (unpaired) electrons. The molecule has 0 saturated carbocycles. The number of nitrogens with zero attached hydrogens (tertiary/aromatic N) is 2. The van der Waals surface area contributed by atoms with Crippen molar-refractivity contribution < 1.29 is 5.11 Å². The van der Waals surface area contributed by atoms with Gasteiger partial charge in [-0.2, -0.15) is 5.26 Å². The van der Waals surface area contributed by atoms with Crippen LogP contribution in [0.2, 0.25) is 0 Å². The van der Waals surface area contributed by atoms with Gasteiger partial charge in [0.1, 0.15) is 0 Å². The van der Waals surface area contributed by atoms with Crippen LogP contribution in [-0.2, 0) is 6.42 Å². The summed E-state index contributed by atoms with van der Waals surface area (Å²) in [5.74, 6) is 0. The first-order valence-electron chi connectivity index (χ1n) is 7.69. The predicted octanol–water partition coefficient (Wildman–Crippen LogP) is 3.21. The van der Waals surface area contributed by atoms with E-state index in [1.807, 2.05) is 12.1 Å². The Labute approximate surface area is 131 Å². The van der Waals surface area contributed by atoms with Crippen molar-refractivity contribution in [1.29, 1.82) is 5.26 Å². The molecule has 0 spiro atoms. The van der Waals surface area contributed by atoms with Gasteiger partial charge < -0.3 is 5.11 Å². The fourth-order valence-corrected chi connectivity index (χ4v) is 3.18. The van der Waals surface area contributed by atoms with Gasteiger partial charge in [0.2, 0.25) is 0 Å². The molecule has 3 heteroatoms. The van der Waals surface area contributed by atoms with Crippen molar-refractivity contribution in [2.45, 2.75) is 25.5 Å². The zero-order valence-electron chi connectivity index (χ0n) is 12.7. The molecular formula is C19H20N2O. The van der Waals surface area contributed by atoms with Gasteiger partial charge in [-0.25, -0.2) is 0 Å². The van der Waals surface area contributed by atoms with E-state index >= 15 is 0 Å². The van der Waals surface area contributed by atoms with E-state index in [4.69, 9.17) is 5.26 Å². The lowest BCUT2D eigenvalue weighted by Gasteiger charge is -2.36. The highest BCUT2D eigenvalue weighted by Crippen LogP contribution is 2.30. The molecule has 0 aromatic heterocycles. The highest BCUT2D eigenvalue weighted by atomic mass is 16.3. The number of β-amino-alcohol motifs (C(OH)–C–C–N with tert-alkyl or cyclic N) is 1. The van der Waals surface area contributed by atoms with Gasteiger partial charge in [0.15, 0.2) is 0 Å². The predicted molar refractivity (Wildman–Crippen MR) is 86.3 cm³/mol. The van der Waals surface area contributed by atoms with E-state index in [1.54, 1.807) is 12.1 Å².